The van der Waals surface area contributed by atoms with Crippen LogP contribution in [0.15, 0.2) is 12.2 Å². The van der Waals surface area contributed by atoms with Gasteiger partial charge in [0.1, 0.15) is 0 Å². The van der Waals surface area contributed by atoms with Crippen LogP contribution < -0.4 is 0 Å². The molecule has 0 aromatic rings. The molecule has 0 aromatic heterocycles. The molecule has 198 valence electrons. The number of aliphatic hydroxyl groups is 1. The smallest absolute Gasteiger partial charge is 0.157 e. The molecule has 0 heterocycles. The van der Waals surface area contributed by atoms with Crippen molar-refractivity contribution in [1.82, 2.24) is 0 Å². The van der Waals surface area contributed by atoms with Crippen LogP contribution in [0.1, 0.15) is 155 Å². The summed E-state index contributed by atoms with van der Waals surface area (Å²) >= 11 is 0. The van der Waals surface area contributed by atoms with Gasteiger partial charge in [-0.15, -0.1) is 0 Å². The predicted molar refractivity (Wildman–Crippen MR) is 145 cm³/mol. The molecule has 0 atom stereocenters. The molecule has 0 spiro atoms. The third kappa shape index (κ3) is 27.7. The molecule has 0 bridgehead atoms. The maximum absolute atomic E-state index is 8.74. The average Bonchev–Trinajstić information content (AvgIpc) is 2.83. The standard InChI is InChI=1S/C30H60O3/c1-3-5-7-20-24-28-32-30(33-29-25-21-8-6-4-2)26-22-18-16-14-12-10-9-11-13-15-17-19-23-27-31/h17,19,30-31H,3-16,18,20-29H2,1-2H3/b19-17-. The average molecular weight is 469 g/mol. The van der Waals surface area contributed by atoms with Gasteiger partial charge in [-0.2, -0.15) is 0 Å². The van der Waals surface area contributed by atoms with Gasteiger partial charge in [-0.05, 0) is 44.9 Å². The molecule has 3 nitrogen and oxygen atoms in total. The maximum atomic E-state index is 8.74. The summed E-state index contributed by atoms with van der Waals surface area (Å²) in [6.07, 6.45) is 32.3. The summed E-state index contributed by atoms with van der Waals surface area (Å²) in [6.45, 7) is 6.53. The van der Waals surface area contributed by atoms with Crippen molar-refractivity contribution in [2.24, 2.45) is 0 Å². The second kappa shape index (κ2) is 29.7. The minimum atomic E-state index is 0.0220. The Morgan fingerprint density at radius 1 is 0.515 bits per heavy atom. The maximum Gasteiger partial charge on any atom is 0.157 e. The van der Waals surface area contributed by atoms with Gasteiger partial charge in [0.25, 0.3) is 0 Å². The Hall–Kier alpha value is -0.380. The van der Waals surface area contributed by atoms with Crippen molar-refractivity contribution in [2.45, 2.75) is 161 Å². The molecule has 0 unspecified atom stereocenters. The summed E-state index contributed by atoms with van der Waals surface area (Å²) in [4.78, 5) is 0. The van der Waals surface area contributed by atoms with Gasteiger partial charge < -0.3 is 14.6 Å². The van der Waals surface area contributed by atoms with Crippen LogP contribution in [0.4, 0.5) is 0 Å². The molecule has 3 heteroatoms. The highest BCUT2D eigenvalue weighted by Crippen LogP contribution is 2.15. The van der Waals surface area contributed by atoms with E-state index in [9.17, 15) is 0 Å². The summed E-state index contributed by atoms with van der Waals surface area (Å²) in [5.74, 6) is 0. The van der Waals surface area contributed by atoms with Gasteiger partial charge in [-0.1, -0.05) is 122 Å². The highest BCUT2D eigenvalue weighted by Gasteiger charge is 2.09. The second-order valence-electron chi connectivity index (χ2n) is 9.74. The lowest BCUT2D eigenvalue weighted by Gasteiger charge is -2.19. The number of allylic oxidation sites excluding steroid dienone is 1. The molecule has 0 radical (unpaired) electrons. The lowest BCUT2D eigenvalue weighted by Crippen LogP contribution is -2.19. The van der Waals surface area contributed by atoms with Crippen LogP contribution in [-0.2, 0) is 9.47 Å². The van der Waals surface area contributed by atoms with Crippen LogP contribution in [0, 0.1) is 0 Å². The fourth-order valence-corrected chi connectivity index (χ4v) is 4.18. The summed E-state index contributed by atoms with van der Waals surface area (Å²) in [7, 11) is 0. The number of aliphatic hydroxyl groups excluding tert-OH is 1. The van der Waals surface area contributed by atoms with E-state index in [-0.39, 0.29) is 12.9 Å². The zero-order valence-corrected chi connectivity index (χ0v) is 22.7. The van der Waals surface area contributed by atoms with E-state index in [2.05, 4.69) is 26.0 Å². The highest BCUT2D eigenvalue weighted by atomic mass is 16.7. The topological polar surface area (TPSA) is 38.7 Å². The van der Waals surface area contributed by atoms with E-state index in [1.54, 1.807) is 0 Å². The Kier molecular flexibility index (Phi) is 29.3. The third-order valence-electron chi connectivity index (χ3n) is 6.38. The van der Waals surface area contributed by atoms with E-state index in [0.717, 1.165) is 26.1 Å². The highest BCUT2D eigenvalue weighted by molar-refractivity contribution is 4.80. The quantitative estimate of drug-likeness (QED) is 0.0705. The molecule has 0 amide bonds. The van der Waals surface area contributed by atoms with Crippen LogP contribution >= 0.6 is 0 Å². The molecular weight excluding hydrogens is 408 g/mol. The first-order chi connectivity index (χ1) is 16.3. The number of rotatable bonds is 28. The van der Waals surface area contributed by atoms with Gasteiger partial charge in [0.15, 0.2) is 6.29 Å². The molecule has 0 aromatic carbocycles. The van der Waals surface area contributed by atoms with Crippen LogP contribution in [0.3, 0.4) is 0 Å². The Balaban J connectivity index is 3.70. The van der Waals surface area contributed by atoms with Crippen molar-refractivity contribution in [3.63, 3.8) is 0 Å². The molecule has 0 aliphatic carbocycles. The van der Waals surface area contributed by atoms with Crippen molar-refractivity contribution in [1.29, 1.82) is 0 Å². The van der Waals surface area contributed by atoms with Gasteiger partial charge >= 0.3 is 0 Å². The van der Waals surface area contributed by atoms with Crippen LogP contribution in [0.5, 0.6) is 0 Å². The molecule has 0 saturated heterocycles. The van der Waals surface area contributed by atoms with Crippen LogP contribution in [-0.4, -0.2) is 31.2 Å². The third-order valence-corrected chi connectivity index (χ3v) is 6.38. The van der Waals surface area contributed by atoms with E-state index in [4.69, 9.17) is 14.6 Å². The zero-order chi connectivity index (χ0) is 24.1. The SMILES string of the molecule is CCCCCCCOC(CCCCCCCCCCC/C=C\CCO)OCCCCCCC. The van der Waals surface area contributed by atoms with Crippen LogP contribution in [0.2, 0.25) is 0 Å². The monoisotopic (exact) mass is 468 g/mol. The number of hydrogen-bond acceptors (Lipinski definition) is 3. The summed E-state index contributed by atoms with van der Waals surface area (Å²) < 4.78 is 12.2. The molecule has 0 saturated carbocycles. The Labute approximate surface area is 208 Å². The van der Waals surface area contributed by atoms with E-state index >= 15 is 0 Å². The molecule has 0 aliphatic rings. The van der Waals surface area contributed by atoms with Gasteiger partial charge in [0, 0.05) is 19.8 Å². The zero-order valence-electron chi connectivity index (χ0n) is 22.7. The van der Waals surface area contributed by atoms with Crippen molar-refractivity contribution in [3.8, 4) is 0 Å². The molecule has 0 rings (SSSR count). The van der Waals surface area contributed by atoms with Crippen molar-refractivity contribution in [3.05, 3.63) is 12.2 Å². The molecule has 0 fully saturated rings. The normalized spacial score (nSPS) is 11.9. The van der Waals surface area contributed by atoms with Gasteiger partial charge in [-0.3, -0.25) is 0 Å². The first kappa shape index (κ1) is 32.6. The Bertz CT molecular complexity index is 354. The Morgan fingerprint density at radius 2 is 0.939 bits per heavy atom. The minimum Gasteiger partial charge on any atom is -0.396 e. The molecule has 1 N–H and O–H groups in total. The van der Waals surface area contributed by atoms with E-state index in [0.29, 0.717) is 0 Å². The van der Waals surface area contributed by atoms with Gasteiger partial charge in [0.2, 0.25) is 0 Å². The molecule has 33 heavy (non-hydrogen) atoms. The second-order valence-corrected chi connectivity index (χ2v) is 9.74. The van der Waals surface area contributed by atoms with E-state index in [1.807, 2.05) is 0 Å². The van der Waals surface area contributed by atoms with Crippen molar-refractivity contribution < 1.29 is 14.6 Å². The van der Waals surface area contributed by atoms with E-state index < -0.39 is 0 Å². The number of ether oxygens (including phenoxy) is 2. The number of unbranched alkanes of at least 4 members (excludes halogenated alkanes) is 17. The molecular formula is C30H60O3. The predicted octanol–water partition coefficient (Wildman–Crippen LogP) is 9.52. The van der Waals surface area contributed by atoms with E-state index in [1.165, 1.54) is 128 Å². The summed E-state index contributed by atoms with van der Waals surface area (Å²) in [6, 6.07) is 0. The fourth-order valence-electron chi connectivity index (χ4n) is 4.18. The van der Waals surface area contributed by atoms with Gasteiger partial charge in [0.05, 0.1) is 0 Å². The lowest BCUT2D eigenvalue weighted by atomic mass is 10.1. The van der Waals surface area contributed by atoms with Crippen molar-refractivity contribution >= 4 is 0 Å². The minimum absolute atomic E-state index is 0.0220. The fraction of sp³-hybridized carbons (Fsp3) is 0.933. The first-order valence-electron chi connectivity index (χ1n) is 14.8. The lowest BCUT2D eigenvalue weighted by molar-refractivity contribution is -0.148. The summed E-state index contributed by atoms with van der Waals surface area (Å²) in [5, 5.41) is 8.74. The molecule has 0 aliphatic heterocycles. The Morgan fingerprint density at radius 3 is 1.45 bits per heavy atom. The van der Waals surface area contributed by atoms with Crippen LogP contribution in [0.25, 0.3) is 0 Å². The van der Waals surface area contributed by atoms with Crippen molar-refractivity contribution in [2.75, 3.05) is 19.8 Å². The number of hydrogen-bond donors (Lipinski definition) is 1. The largest absolute Gasteiger partial charge is 0.396 e. The summed E-state index contributed by atoms with van der Waals surface area (Å²) in [5.41, 5.74) is 0. The first-order valence-corrected chi connectivity index (χ1v) is 14.8. The van der Waals surface area contributed by atoms with Gasteiger partial charge in [-0.25, -0.2) is 0 Å².